The van der Waals surface area contributed by atoms with E-state index in [1.165, 1.54) is 9.80 Å². The van der Waals surface area contributed by atoms with Crippen molar-refractivity contribution in [3.8, 4) is 0 Å². The van der Waals surface area contributed by atoms with Crippen molar-refractivity contribution in [2.45, 2.75) is 38.5 Å². The number of nitrogens with zero attached hydrogens (tertiary/aromatic N) is 3. The fourth-order valence-electron chi connectivity index (χ4n) is 2.99. The van der Waals surface area contributed by atoms with E-state index in [2.05, 4.69) is 4.90 Å². The van der Waals surface area contributed by atoms with E-state index < -0.39 is 6.09 Å². The molecular weight excluding hydrogens is 286 g/mol. The first-order valence-electron chi connectivity index (χ1n) is 8.11. The predicted octanol–water partition coefficient (Wildman–Crippen LogP) is 0.991. The van der Waals surface area contributed by atoms with Crippen LogP contribution in [0.2, 0.25) is 0 Å². The van der Waals surface area contributed by atoms with Crippen molar-refractivity contribution in [3.05, 3.63) is 0 Å². The molecule has 7 heteroatoms. The molecule has 2 aliphatic rings. The maximum absolute atomic E-state index is 11.4. The van der Waals surface area contributed by atoms with Crippen molar-refractivity contribution in [1.29, 1.82) is 0 Å². The Bertz CT molecular complexity index is 403. The average Bonchev–Trinajstić information content (AvgIpc) is 2.82. The molecule has 1 N–H and O–H groups in total. The monoisotopic (exact) mass is 311 g/mol. The minimum Gasteiger partial charge on any atom is -0.465 e. The molecule has 2 saturated heterocycles. The number of carbonyl (C=O) groups is 3. The highest BCUT2D eigenvalue weighted by atomic mass is 16.4. The van der Waals surface area contributed by atoms with Crippen LogP contribution < -0.4 is 0 Å². The van der Waals surface area contributed by atoms with Crippen molar-refractivity contribution < 1.29 is 19.5 Å². The third-order valence-corrected chi connectivity index (χ3v) is 4.40. The van der Waals surface area contributed by atoms with Gasteiger partial charge in [0.1, 0.15) is 0 Å². The Morgan fingerprint density at radius 3 is 1.95 bits per heavy atom. The molecule has 3 amide bonds. The zero-order valence-electron chi connectivity index (χ0n) is 13.0. The number of unbranched alkanes of at least 4 members (excludes halogenated alkanes) is 3. The van der Waals surface area contributed by atoms with Gasteiger partial charge in [0.05, 0.1) is 0 Å². The summed E-state index contributed by atoms with van der Waals surface area (Å²) in [4.78, 5) is 38.8. The molecule has 0 aliphatic carbocycles. The summed E-state index contributed by atoms with van der Waals surface area (Å²) in [6, 6.07) is 0. The van der Waals surface area contributed by atoms with Crippen molar-refractivity contribution in [2.24, 2.45) is 0 Å². The molecule has 0 radical (unpaired) electrons. The summed E-state index contributed by atoms with van der Waals surface area (Å²) in [5.74, 6) is -0.0531. The van der Waals surface area contributed by atoms with Gasteiger partial charge >= 0.3 is 6.09 Å². The fourth-order valence-corrected chi connectivity index (χ4v) is 2.99. The van der Waals surface area contributed by atoms with Gasteiger partial charge < -0.3 is 10.0 Å². The number of carbonyl (C=O) groups excluding carboxylic acids is 2. The van der Waals surface area contributed by atoms with E-state index in [9.17, 15) is 14.4 Å². The number of hydrogen-bond acceptors (Lipinski definition) is 4. The highest BCUT2D eigenvalue weighted by Crippen LogP contribution is 2.13. The first-order chi connectivity index (χ1) is 10.6. The molecule has 0 atom stereocenters. The summed E-state index contributed by atoms with van der Waals surface area (Å²) in [6.45, 7) is 4.36. The molecule has 0 spiro atoms. The molecule has 2 aliphatic heterocycles. The summed E-state index contributed by atoms with van der Waals surface area (Å²) in [5.41, 5.74) is 0. The lowest BCUT2D eigenvalue weighted by Gasteiger charge is -2.33. The molecule has 0 unspecified atom stereocenters. The van der Waals surface area contributed by atoms with Gasteiger partial charge in [-0.25, -0.2) is 4.79 Å². The van der Waals surface area contributed by atoms with Crippen LogP contribution in [0.1, 0.15) is 38.5 Å². The van der Waals surface area contributed by atoms with E-state index in [0.717, 1.165) is 45.3 Å². The van der Waals surface area contributed by atoms with Crippen LogP contribution >= 0.6 is 0 Å². The van der Waals surface area contributed by atoms with Gasteiger partial charge in [-0.2, -0.15) is 0 Å². The summed E-state index contributed by atoms with van der Waals surface area (Å²) in [6.07, 6.45) is 3.98. The Labute approximate surface area is 130 Å². The van der Waals surface area contributed by atoms with Crippen LogP contribution in [0.15, 0.2) is 0 Å². The lowest BCUT2D eigenvalue weighted by Crippen LogP contribution is -2.48. The first-order valence-corrected chi connectivity index (χ1v) is 8.11. The van der Waals surface area contributed by atoms with E-state index in [0.29, 0.717) is 32.5 Å². The maximum Gasteiger partial charge on any atom is 0.407 e. The third-order valence-electron chi connectivity index (χ3n) is 4.40. The predicted molar refractivity (Wildman–Crippen MR) is 80.5 cm³/mol. The summed E-state index contributed by atoms with van der Waals surface area (Å²) in [7, 11) is 0. The molecule has 2 fully saturated rings. The van der Waals surface area contributed by atoms with Crippen LogP contribution in [0.4, 0.5) is 4.79 Å². The maximum atomic E-state index is 11.4. The van der Waals surface area contributed by atoms with E-state index in [-0.39, 0.29) is 11.8 Å². The van der Waals surface area contributed by atoms with E-state index in [1.54, 1.807) is 0 Å². The Morgan fingerprint density at radius 1 is 0.864 bits per heavy atom. The Hall–Kier alpha value is -1.63. The zero-order valence-corrected chi connectivity index (χ0v) is 13.0. The number of rotatable bonds is 7. The molecular formula is C15H25N3O4. The lowest BCUT2D eigenvalue weighted by atomic mass is 10.1. The van der Waals surface area contributed by atoms with Crippen LogP contribution in [0, 0.1) is 0 Å². The zero-order chi connectivity index (χ0) is 15.9. The second-order valence-corrected chi connectivity index (χ2v) is 5.96. The molecule has 2 heterocycles. The quantitative estimate of drug-likeness (QED) is 0.560. The Kier molecular flexibility index (Phi) is 6.18. The number of likely N-dealkylation sites (tertiary alicyclic amines) is 1. The molecule has 0 aromatic heterocycles. The summed E-state index contributed by atoms with van der Waals surface area (Å²) < 4.78 is 0. The van der Waals surface area contributed by atoms with E-state index >= 15 is 0 Å². The SMILES string of the molecule is O=C(O)N1CCN(CCCCCCN2C(=O)CCC2=O)CC1. The molecule has 0 aromatic carbocycles. The van der Waals surface area contributed by atoms with Crippen molar-refractivity contribution in [3.63, 3.8) is 0 Å². The van der Waals surface area contributed by atoms with Crippen molar-refractivity contribution in [1.82, 2.24) is 14.7 Å². The molecule has 7 nitrogen and oxygen atoms in total. The molecule has 0 aromatic rings. The topological polar surface area (TPSA) is 81.2 Å². The summed E-state index contributed by atoms with van der Waals surface area (Å²) >= 11 is 0. The van der Waals surface area contributed by atoms with Gasteiger partial charge in [0.2, 0.25) is 11.8 Å². The van der Waals surface area contributed by atoms with Crippen LogP contribution in [-0.2, 0) is 9.59 Å². The number of amides is 3. The molecule has 124 valence electrons. The molecule has 22 heavy (non-hydrogen) atoms. The normalized spacial score (nSPS) is 20.0. The van der Waals surface area contributed by atoms with Gasteiger partial charge in [-0.05, 0) is 19.4 Å². The third kappa shape index (κ3) is 4.69. The molecule has 0 bridgehead atoms. The minimum atomic E-state index is -0.828. The van der Waals surface area contributed by atoms with Gasteiger partial charge in [0, 0.05) is 45.6 Å². The molecule has 2 rings (SSSR count). The van der Waals surface area contributed by atoms with Crippen molar-refractivity contribution in [2.75, 3.05) is 39.3 Å². The standard InChI is InChI=1S/C15H25N3O4/c19-13-5-6-14(20)18(13)8-4-2-1-3-7-16-9-11-17(12-10-16)15(21)22/h1-12H2,(H,21,22). The largest absolute Gasteiger partial charge is 0.465 e. The lowest BCUT2D eigenvalue weighted by molar-refractivity contribution is -0.138. The van der Waals surface area contributed by atoms with Crippen LogP contribution in [-0.4, -0.2) is 77.0 Å². The summed E-state index contributed by atoms with van der Waals surface area (Å²) in [5, 5.41) is 8.88. The van der Waals surface area contributed by atoms with Gasteiger partial charge in [-0.15, -0.1) is 0 Å². The van der Waals surface area contributed by atoms with E-state index in [1.807, 2.05) is 0 Å². The second-order valence-electron chi connectivity index (χ2n) is 5.96. The number of imide groups is 1. The number of hydrogen-bond donors (Lipinski definition) is 1. The van der Waals surface area contributed by atoms with Gasteiger partial charge in [0.25, 0.3) is 0 Å². The average molecular weight is 311 g/mol. The van der Waals surface area contributed by atoms with Gasteiger partial charge in [-0.3, -0.25) is 19.4 Å². The first kappa shape index (κ1) is 16.7. The van der Waals surface area contributed by atoms with Crippen LogP contribution in [0.25, 0.3) is 0 Å². The Morgan fingerprint density at radius 2 is 1.41 bits per heavy atom. The highest BCUT2D eigenvalue weighted by molar-refractivity contribution is 6.01. The highest BCUT2D eigenvalue weighted by Gasteiger charge is 2.27. The Balaban J connectivity index is 1.49. The van der Waals surface area contributed by atoms with Crippen LogP contribution in [0.5, 0.6) is 0 Å². The fraction of sp³-hybridized carbons (Fsp3) is 0.800. The van der Waals surface area contributed by atoms with Gasteiger partial charge in [-0.1, -0.05) is 12.8 Å². The number of piperazine rings is 1. The van der Waals surface area contributed by atoms with Crippen molar-refractivity contribution >= 4 is 17.9 Å². The van der Waals surface area contributed by atoms with Gasteiger partial charge in [0.15, 0.2) is 0 Å². The smallest absolute Gasteiger partial charge is 0.407 e. The van der Waals surface area contributed by atoms with Crippen LogP contribution in [0.3, 0.4) is 0 Å². The minimum absolute atomic E-state index is 0.0266. The number of carboxylic acid groups (broad SMARTS) is 1. The second kappa shape index (κ2) is 8.12. The van der Waals surface area contributed by atoms with E-state index in [4.69, 9.17) is 5.11 Å². The molecule has 0 saturated carbocycles.